The maximum atomic E-state index is 12.8. The van der Waals surface area contributed by atoms with Crippen LogP contribution in [-0.2, 0) is 27.5 Å². The van der Waals surface area contributed by atoms with Crippen LogP contribution < -0.4 is 5.14 Å². The van der Waals surface area contributed by atoms with E-state index in [1.165, 1.54) is 6.07 Å². The molecule has 0 amide bonds. The highest BCUT2D eigenvalue weighted by atomic mass is 32.2. The van der Waals surface area contributed by atoms with E-state index in [1.807, 2.05) is 4.90 Å². The molecule has 1 heterocycles. The Labute approximate surface area is 120 Å². The summed E-state index contributed by atoms with van der Waals surface area (Å²) < 4.78 is 66.4. The van der Waals surface area contributed by atoms with Crippen molar-refractivity contribution in [1.82, 2.24) is 4.90 Å². The fourth-order valence-corrected chi connectivity index (χ4v) is 2.70. The van der Waals surface area contributed by atoms with E-state index in [4.69, 9.17) is 9.88 Å². The Morgan fingerprint density at radius 3 is 2.33 bits per heavy atom. The molecule has 1 fully saturated rings. The van der Waals surface area contributed by atoms with E-state index < -0.39 is 26.7 Å². The van der Waals surface area contributed by atoms with Crippen LogP contribution in [0.3, 0.4) is 0 Å². The number of ether oxygens (including phenoxy) is 1. The minimum Gasteiger partial charge on any atom is -0.379 e. The van der Waals surface area contributed by atoms with Crippen LogP contribution in [0.5, 0.6) is 0 Å². The average molecular weight is 324 g/mol. The van der Waals surface area contributed by atoms with Gasteiger partial charge in [-0.3, -0.25) is 4.90 Å². The predicted octanol–water partition coefficient (Wildman–Crippen LogP) is 1.19. The van der Waals surface area contributed by atoms with Gasteiger partial charge in [0.05, 0.1) is 23.7 Å². The van der Waals surface area contributed by atoms with E-state index in [0.717, 1.165) is 6.07 Å². The lowest BCUT2D eigenvalue weighted by molar-refractivity contribution is -0.137. The van der Waals surface area contributed by atoms with Gasteiger partial charge in [0, 0.05) is 19.6 Å². The Hall–Kier alpha value is -1.16. The summed E-state index contributed by atoms with van der Waals surface area (Å²) in [6.07, 6.45) is -4.62. The van der Waals surface area contributed by atoms with Gasteiger partial charge in [0.15, 0.2) is 0 Å². The van der Waals surface area contributed by atoms with Crippen LogP contribution in [0.4, 0.5) is 13.2 Å². The molecule has 0 atom stereocenters. The molecule has 1 aliphatic heterocycles. The van der Waals surface area contributed by atoms with Gasteiger partial charge in [-0.05, 0) is 23.8 Å². The number of halogens is 3. The molecular weight excluding hydrogens is 309 g/mol. The summed E-state index contributed by atoms with van der Waals surface area (Å²) in [6, 6.07) is 2.68. The number of hydrogen-bond donors (Lipinski definition) is 1. The molecule has 118 valence electrons. The normalized spacial score (nSPS) is 17.9. The summed E-state index contributed by atoms with van der Waals surface area (Å²) in [4.78, 5) is 1.37. The number of nitrogens with zero attached hydrogens (tertiary/aromatic N) is 1. The molecule has 0 aromatic heterocycles. The second-order valence-corrected chi connectivity index (χ2v) is 6.36. The highest BCUT2D eigenvalue weighted by Crippen LogP contribution is 2.31. The molecule has 2 N–H and O–H groups in total. The van der Waals surface area contributed by atoms with E-state index in [9.17, 15) is 21.6 Å². The van der Waals surface area contributed by atoms with Crippen LogP contribution in [-0.4, -0.2) is 39.6 Å². The summed E-state index contributed by atoms with van der Waals surface area (Å²) in [7, 11) is -4.19. The zero-order chi connectivity index (χ0) is 15.7. The molecule has 0 spiro atoms. The first-order chi connectivity index (χ1) is 9.66. The minimum atomic E-state index is -4.62. The molecule has 1 aliphatic rings. The smallest absolute Gasteiger partial charge is 0.379 e. The predicted molar refractivity (Wildman–Crippen MR) is 68.9 cm³/mol. The first-order valence-electron chi connectivity index (χ1n) is 6.20. The van der Waals surface area contributed by atoms with E-state index >= 15 is 0 Å². The molecule has 0 aliphatic carbocycles. The average Bonchev–Trinajstić information content (AvgIpc) is 2.37. The Morgan fingerprint density at radius 1 is 1.19 bits per heavy atom. The third-order valence-corrected chi connectivity index (χ3v) is 4.02. The monoisotopic (exact) mass is 324 g/mol. The van der Waals surface area contributed by atoms with Gasteiger partial charge in [0.25, 0.3) is 0 Å². The summed E-state index contributed by atoms with van der Waals surface area (Å²) in [6.45, 7) is 2.39. The summed E-state index contributed by atoms with van der Waals surface area (Å²) in [5.41, 5.74) is -0.756. The van der Waals surface area contributed by atoms with Crippen molar-refractivity contribution in [2.45, 2.75) is 17.6 Å². The molecule has 0 radical (unpaired) electrons. The zero-order valence-corrected chi connectivity index (χ0v) is 11.9. The third kappa shape index (κ3) is 4.40. The zero-order valence-electron chi connectivity index (χ0n) is 11.1. The van der Waals surface area contributed by atoms with E-state index in [0.29, 0.717) is 32.4 Å². The van der Waals surface area contributed by atoms with Crippen LogP contribution in [0.15, 0.2) is 23.1 Å². The van der Waals surface area contributed by atoms with E-state index in [-0.39, 0.29) is 12.1 Å². The Morgan fingerprint density at radius 2 is 1.81 bits per heavy atom. The number of alkyl halides is 3. The molecule has 2 rings (SSSR count). The molecule has 5 nitrogen and oxygen atoms in total. The topological polar surface area (TPSA) is 72.6 Å². The second-order valence-electron chi connectivity index (χ2n) is 4.80. The Kier molecular flexibility index (Phi) is 4.57. The summed E-state index contributed by atoms with van der Waals surface area (Å²) >= 11 is 0. The fraction of sp³-hybridized carbons (Fsp3) is 0.500. The Bertz CT molecular complexity index is 611. The number of rotatable bonds is 3. The highest BCUT2D eigenvalue weighted by molar-refractivity contribution is 7.89. The number of morpholine rings is 1. The van der Waals surface area contributed by atoms with Crippen molar-refractivity contribution in [3.63, 3.8) is 0 Å². The molecule has 21 heavy (non-hydrogen) atoms. The van der Waals surface area contributed by atoms with Gasteiger partial charge in [-0.2, -0.15) is 13.2 Å². The van der Waals surface area contributed by atoms with Crippen LogP contribution >= 0.6 is 0 Å². The number of hydrogen-bond acceptors (Lipinski definition) is 4. The van der Waals surface area contributed by atoms with Gasteiger partial charge in [-0.1, -0.05) is 0 Å². The van der Waals surface area contributed by atoms with Gasteiger partial charge in [-0.15, -0.1) is 0 Å². The lowest BCUT2D eigenvalue weighted by atomic mass is 10.1. The molecule has 9 heteroatoms. The molecule has 0 saturated carbocycles. The van der Waals surface area contributed by atoms with Crippen LogP contribution in [0, 0.1) is 0 Å². The minimum absolute atomic E-state index is 0.218. The Balaban J connectivity index is 2.35. The van der Waals surface area contributed by atoms with Crippen LogP contribution in [0.1, 0.15) is 11.1 Å². The molecule has 1 saturated heterocycles. The number of nitrogens with two attached hydrogens (primary N) is 1. The standard InChI is InChI=1S/C12H15F3N2O3S/c13-12(14,15)10-5-9(6-11(7-10)21(16,18)19)8-17-1-3-20-4-2-17/h5-7H,1-4,8H2,(H2,16,18,19). The largest absolute Gasteiger partial charge is 0.416 e. The van der Waals surface area contributed by atoms with Crippen molar-refractivity contribution >= 4 is 10.0 Å². The quantitative estimate of drug-likeness (QED) is 0.906. The van der Waals surface area contributed by atoms with Crippen molar-refractivity contribution in [3.05, 3.63) is 29.3 Å². The SMILES string of the molecule is NS(=O)(=O)c1cc(CN2CCOCC2)cc(C(F)(F)F)c1. The highest BCUT2D eigenvalue weighted by Gasteiger charge is 2.32. The van der Waals surface area contributed by atoms with Gasteiger partial charge in [0.2, 0.25) is 10.0 Å². The number of primary sulfonamides is 1. The molecule has 0 bridgehead atoms. The van der Waals surface area contributed by atoms with Crippen molar-refractivity contribution in [2.75, 3.05) is 26.3 Å². The van der Waals surface area contributed by atoms with Gasteiger partial charge in [-0.25, -0.2) is 13.6 Å². The lowest BCUT2D eigenvalue weighted by Gasteiger charge is -2.27. The first-order valence-corrected chi connectivity index (χ1v) is 7.75. The van der Waals surface area contributed by atoms with Gasteiger partial charge < -0.3 is 4.74 Å². The van der Waals surface area contributed by atoms with E-state index in [1.54, 1.807) is 0 Å². The maximum Gasteiger partial charge on any atom is 0.416 e. The van der Waals surface area contributed by atoms with Crippen LogP contribution in [0.2, 0.25) is 0 Å². The third-order valence-electron chi connectivity index (χ3n) is 3.13. The summed E-state index contributed by atoms with van der Waals surface area (Å²) in [5.74, 6) is 0. The molecule has 1 aromatic rings. The van der Waals surface area contributed by atoms with Crippen molar-refractivity contribution in [1.29, 1.82) is 0 Å². The van der Waals surface area contributed by atoms with Crippen molar-refractivity contribution in [3.8, 4) is 0 Å². The van der Waals surface area contributed by atoms with Gasteiger partial charge >= 0.3 is 6.18 Å². The first kappa shape index (κ1) is 16.2. The van der Waals surface area contributed by atoms with E-state index in [2.05, 4.69) is 0 Å². The number of benzene rings is 1. The molecule has 0 unspecified atom stereocenters. The van der Waals surface area contributed by atoms with Crippen molar-refractivity contribution in [2.24, 2.45) is 5.14 Å². The fourth-order valence-electron chi connectivity index (χ4n) is 2.10. The van der Waals surface area contributed by atoms with Crippen molar-refractivity contribution < 1.29 is 26.3 Å². The summed E-state index contributed by atoms with van der Waals surface area (Å²) in [5, 5.41) is 4.94. The molecular formula is C12H15F3N2O3S. The number of sulfonamides is 1. The second kappa shape index (κ2) is 5.91. The van der Waals surface area contributed by atoms with Gasteiger partial charge in [0.1, 0.15) is 0 Å². The lowest BCUT2D eigenvalue weighted by Crippen LogP contribution is -2.35. The van der Waals surface area contributed by atoms with Crippen LogP contribution in [0.25, 0.3) is 0 Å². The maximum absolute atomic E-state index is 12.8. The molecule has 1 aromatic carbocycles.